The molecule has 124 valence electrons. The summed E-state index contributed by atoms with van der Waals surface area (Å²) in [6.45, 7) is 5.30. The van der Waals surface area contributed by atoms with Crippen LogP contribution < -0.4 is 0 Å². The van der Waals surface area contributed by atoms with E-state index in [1.165, 1.54) is 6.92 Å². The van der Waals surface area contributed by atoms with Crippen molar-refractivity contribution >= 4 is 15.8 Å². The molecule has 0 aromatic heterocycles. The second-order valence-corrected chi connectivity index (χ2v) is 8.06. The summed E-state index contributed by atoms with van der Waals surface area (Å²) in [6.07, 6.45) is 0.864. The monoisotopic (exact) mass is 335 g/mol. The minimum Gasteiger partial charge on any atom is -0.465 e. The van der Waals surface area contributed by atoms with Crippen molar-refractivity contribution in [2.24, 2.45) is 5.41 Å². The summed E-state index contributed by atoms with van der Waals surface area (Å²) in [5.41, 5.74) is 0.181. The Labute approximate surface area is 137 Å². The maximum atomic E-state index is 12.4. The van der Waals surface area contributed by atoms with Gasteiger partial charge < -0.3 is 4.74 Å². The molecule has 2 rings (SSSR count). The zero-order valence-corrected chi connectivity index (χ0v) is 14.4. The van der Waals surface area contributed by atoms with Crippen molar-refractivity contribution in [2.75, 3.05) is 12.4 Å². The van der Waals surface area contributed by atoms with Gasteiger partial charge in [-0.05, 0) is 24.5 Å². The zero-order valence-electron chi connectivity index (χ0n) is 13.6. The topological polar surface area (TPSA) is 84.2 Å². The Bertz CT molecular complexity index is 733. The van der Waals surface area contributed by atoms with E-state index in [9.17, 15) is 18.5 Å². The smallest absolute Gasteiger partial charge is 0.328 e. The van der Waals surface area contributed by atoms with Crippen molar-refractivity contribution < 1.29 is 17.9 Å². The Kier molecular flexibility index (Phi) is 4.81. The van der Waals surface area contributed by atoms with Gasteiger partial charge in [-0.25, -0.2) is 8.42 Å². The number of hydrogen-bond donors (Lipinski definition) is 0. The van der Waals surface area contributed by atoms with E-state index in [-0.39, 0.29) is 12.4 Å². The highest BCUT2D eigenvalue weighted by molar-refractivity contribution is 7.92. The van der Waals surface area contributed by atoms with Gasteiger partial charge in [0.05, 0.1) is 12.7 Å². The average Bonchev–Trinajstić information content (AvgIpc) is 3.26. The Balaban J connectivity index is 2.50. The van der Waals surface area contributed by atoms with Gasteiger partial charge in [0.15, 0.2) is 15.3 Å². The van der Waals surface area contributed by atoms with Gasteiger partial charge in [0.1, 0.15) is 5.25 Å². The predicted octanol–water partition coefficient (Wildman–Crippen LogP) is 2.22. The molecular weight excluding hydrogens is 314 g/mol. The maximum Gasteiger partial charge on any atom is 0.328 e. The van der Waals surface area contributed by atoms with Crippen LogP contribution in [0, 0.1) is 16.7 Å². The first-order chi connectivity index (χ1) is 10.9. The number of aryl methyl sites for hydroxylation is 1. The normalized spacial score (nSPS) is 26.3. The molecule has 0 amide bonds. The average molecular weight is 335 g/mol. The van der Waals surface area contributed by atoms with E-state index in [0.717, 1.165) is 12.0 Å². The molecule has 23 heavy (non-hydrogen) atoms. The number of nitriles is 1. The number of hydrogen-bond acceptors (Lipinski definition) is 5. The fourth-order valence-corrected chi connectivity index (χ4v) is 5.03. The number of nitrogens with zero attached hydrogens (tertiary/aromatic N) is 1. The first-order valence-electron chi connectivity index (χ1n) is 7.77. The summed E-state index contributed by atoms with van der Waals surface area (Å²) in [7, 11) is -3.54. The van der Waals surface area contributed by atoms with Gasteiger partial charge in [-0.2, -0.15) is 5.26 Å². The van der Waals surface area contributed by atoms with Gasteiger partial charge in [-0.3, -0.25) is 4.79 Å². The van der Waals surface area contributed by atoms with Crippen LogP contribution in [0.25, 0.3) is 0 Å². The Morgan fingerprint density at radius 3 is 2.30 bits per heavy atom. The van der Waals surface area contributed by atoms with Crippen LogP contribution in [0.5, 0.6) is 0 Å². The SMILES string of the molecule is CCOC(=O)[C@@]1(C#N)[C@@H](c2ccc(CC)cc2)[C@@H]1S(=O)(=O)CC. The lowest BCUT2D eigenvalue weighted by molar-refractivity contribution is -0.147. The van der Waals surface area contributed by atoms with Gasteiger partial charge in [0.25, 0.3) is 0 Å². The third-order valence-electron chi connectivity index (χ3n) is 4.47. The van der Waals surface area contributed by atoms with Gasteiger partial charge in [-0.15, -0.1) is 0 Å². The highest BCUT2D eigenvalue weighted by atomic mass is 32.2. The van der Waals surface area contributed by atoms with Crippen LogP contribution in [0.3, 0.4) is 0 Å². The molecule has 0 heterocycles. The largest absolute Gasteiger partial charge is 0.465 e. The summed E-state index contributed by atoms with van der Waals surface area (Å²) >= 11 is 0. The van der Waals surface area contributed by atoms with Gasteiger partial charge >= 0.3 is 5.97 Å². The first kappa shape index (κ1) is 17.5. The molecule has 1 aliphatic rings. The van der Waals surface area contributed by atoms with Crippen LogP contribution in [0.1, 0.15) is 37.8 Å². The number of carbonyl (C=O) groups excluding carboxylic acids is 1. The highest BCUT2D eigenvalue weighted by Crippen LogP contribution is 2.63. The van der Waals surface area contributed by atoms with Crippen molar-refractivity contribution in [3.63, 3.8) is 0 Å². The van der Waals surface area contributed by atoms with Crippen molar-refractivity contribution in [3.8, 4) is 6.07 Å². The molecule has 0 unspecified atom stereocenters. The van der Waals surface area contributed by atoms with E-state index in [1.54, 1.807) is 19.1 Å². The first-order valence-corrected chi connectivity index (χ1v) is 9.49. The van der Waals surface area contributed by atoms with Crippen LogP contribution in [0.4, 0.5) is 0 Å². The summed E-state index contributed by atoms with van der Waals surface area (Å²) in [6, 6.07) is 9.36. The highest BCUT2D eigenvalue weighted by Gasteiger charge is 2.77. The number of esters is 1. The molecule has 3 atom stereocenters. The Morgan fingerprint density at radius 1 is 1.26 bits per heavy atom. The van der Waals surface area contributed by atoms with Gasteiger partial charge in [-0.1, -0.05) is 38.1 Å². The van der Waals surface area contributed by atoms with E-state index in [4.69, 9.17) is 4.74 Å². The van der Waals surface area contributed by atoms with Crippen molar-refractivity contribution in [1.29, 1.82) is 5.26 Å². The molecule has 1 fully saturated rings. The lowest BCUT2D eigenvalue weighted by atomic mass is 9.99. The lowest BCUT2D eigenvalue weighted by Crippen LogP contribution is -2.26. The third kappa shape index (κ3) is 2.74. The van der Waals surface area contributed by atoms with Crippen LogP contribution in [0.15, 0.2) is 24.3 Å². The van der Waals surface area contributed by atoms with Crippen molar-refractivity contribution in [2.45, 2.75) is 38.4 Å². The number of benzene rings is 1. The summed E-state index contributed by atoms with van der Waals surface area (Å²) in [4.78, 5) is 12.3. The second kappa shape index (κ2) is 6.32. The predicted molar refractivity (Wildman–Crippen MR) is 86.5 cm³/mol. The van der Waals surface area contributed by atoms with E-state index in [0.29, 0.717) is 5.56 Å². The van der Waals surface area contributed by atoms with Crippen LogP contribution in [-0.2, 0) is 25.8 Å². The molecule has 1 aromatic carbocycles. The zero-order chi connectivity index (χ0) is 17.3. The standard InChI is InChI=1S/C17H21NO4S/c1-4-12-7-9-13(10-8-12)14-15(23(20,21)6-3)17(14,11-18)16(19)22-5-2/h7-10,14-15H,4-6H2,1-3H3/t14-,15-,17-/m0/s1. The quantitative estimate of drug-likeness (QED) is 0.744. The van der Waals surface area contributed by atoms with Crippen LogP contribution in [-0.4, -0.2) is 32.0 Å². The number of rotatable bonds is 6. The van der Waals surface area contributed by atoms with Crippen LogP contribution >= 0.6 is 0 Å². The van der Waals surface area contributed by atoms with E-state index >= 15 is 0 Å². The lowest BCUT2D eigenvalue weighted by Gasteiger charge is -2.08. The fourth-order valence-electron chi connectivity index (χ4n) is 3.10. The maximum absolute atomic E-state index is 12.4. The molecule has 0 N–H and O–H groups in total. The number of carbonyl (C=O) groups is 1. The minimum atomic E-state index is -3.54. The summed E-state index contributed by atoms with van der Waals surface area (Å²) in [5, 5.41) is 8.57. The number of sulfone groups is 1. The summed E-state index contributed by atoms with van der Waals surface area (Å²) in [5.74, 6) is -1.51. The fraction of sp³-hybridized carbons (Fsp3) is 0.529. The van der Waals surface area contributed by atoms with Crippen molar-refractivity contribution in [3.05, 3.63) is 35.4 Å². The third-order valence-corrected chi connectivity index (χ3v) is 6.69. The molecule has 0 bridgehead atoms. The second-order valence-electron chi connectivity index (χ2n) is 5.65. The molecule has 1 saturated carbocycles. The van der Waals surface area contributed by atoms with E-state index < -0.39 is 32.4 Å². The van der Waals surface area contributed by atoms with Gasteiger partial charge in [0.2, 0.25) is 0 Å². The van der Waals surface area contributed by atoms with Gasteiger partial charge in [0, 0.05) is 11.7 Å². The van der Waals surface area contributed by atoms with Crippen molar-refractivity contribution in [1.82, 2.24) is 0 Å². The Hall–Kier alpha value is -1.87. The van der Waals surface area contributed by atoms with E-state index in [2.05, 4.69) is 0 Å². The van der Waals surface area contributed by atoms with Crippen LogP contribution in [0.2, 0.25) is 0 Å². The molecule has 5 nitrogen and oxygen atoms in total. The molecule has 0 aliphatic heterocycles. The Morgan fingerprint density at radius 2 is 1.87 bits per heavy atom. The van der Waals surface area contributed by atoms with E-state index in [1.807, 2.05) is 25.1 Å². The summed E-state index contributed by atoms with van der Waals surface area (Å²) < 4.78 is 29.8. The molecule has 1 aromatic rings. The molecular formula is C17H21NO4S. The molecule has 0 radical (unpaired) electrons. The molecule has 1 aliphatic carbocycles. The molecule has 0 saturated heterocycles. The molecule has 0 spiro atoms. The number of ether oxygens (including phenoxy) is 1. The molecule has 6 heteroatoms. The minimum absolute atomic E-state index is 0.107.